The predicted molar refractivity (Wildman–Crippen MR) is 89.0 cm³/mol. The van der Waals surface area contributed by atoms with Crippen molar-refractivity contribution in [2.45, 2.75) is 20.5 Å². The molecule has 0 aliphatic heterocycles. The van der Waals surface area contributed by atoms with Gasteiger partial charge in [-0.05, 0) is 48.4 Å². The van der Waals surface area contributed by atoms with Gasteiger partial charge in [-0.3, -0.25) is 0 Å². The maximum Gasteiger partial charge on any atom is 0.338 e. The summed E-state index contributed by atoms with van der Waals surface area (Å²) in [6.45, 7) is 10.5. The van der Waals surface area contributed by atoms with Crippen LogP contribution in [0.25, 0.3) is 10.8 Å². The Kier molecular flexibility index (Phi) is 4.96. The van der Waals surface area contributed by atoms with Gasteiger partial charge >= 0.3 is 11.9 Å². The average molecular weight is 310 g/mol. The van der Waals surface area contributed by atoms with E-state index in [-0.39, 0.29) is 6.61 Å². The molecule has 0 aromatic heterocycles. The third-order valence-corrected chi connectivity index (χ3v) is 3.15. The maximum atomic E-state index is 11.5. The minimum atomic E-state index is -0.451. The van der Waals surface area contributed by atoms with Gasteiger partial charge in [0, 0.05) is 11.1 Å². The van der Waals surface area contributed by atoms with E-state index in [4.69, 9.17) is 9.47 Å². The number of ether oxygens (including phenoxy) is 2. The molecule has 0 radical (unpaired) electrons. The summed E-state index contributed by atoms with van der Waals surface area (Å²) >= 11 is 0. The second-order valence-corrected chi connectivity index (χ2v) is 5.37. The highest BCUT2D eigenvalue weighted by atomic mass is 16.5. The number of carbonyl (C=O) groups excluding carboxylic acids is 2. The van der Waals surface area contributed by atoms with Crippen LogP contribution in [0.15, 0.2) is 60.7 Å². The van der Waals surface area contributed by atoms with Crippen LogP contribution in [-0.4, -0.2) is 11.9 Å². The average Bonchev–Trinajstić information content (AvgIpc) is 2.52. The summed E-state index contributed by atoms with van der Waals surface area (Å²) in [5.74, 6) is -0.396. The number of fused-ring (bicyclic) bond motifs is 1. The molecule has 0 aliphatic rings. The summed E-state index contributed by atoms with van der Waals surface area (Å²) < 4.78 is 10.3. The Morgan fingerprint density at radius 1 is 0.913 bits per heavy atom. The van der Waals surface area contributed by atoms with E-state index in [0.29, 0.717) is 16.9 Å². The molecule has 0 spiro atoms. The van der Waals surface area contributed by atoms with Gasteiger partial charge < -0.3 is 9.47 Å². The highest BCUT2D eigenvalue weighted by molar-refractivity contribution is 5.90. The molecular formula is C19H18O4. The van der Waals surface area contributed by atoms with Crippen LogP contribution < -0.4 is 4.74 Å². The molecule has 4 heteroatoms. The molecule has 0 N–H and O–H groups in total. The predicted octanol–water partition coefficient (Wildman–Crippen LogP) is 3.94. The van der Waals surface area contributed by atoms with E-state index >= 15 is 0 Å². The SMILES string of the molecule is C=C(C)C(=O)OCc1ccc2cc(OC(=O)C(=C)C)ccc2c1. The molecular weight excluding hydrogens is 292 g/mol. The van der Waals surface area contributed by atoms with Crippen molar-refractivity contribution in [3.05, 3.63) is 66.3 Å². The molecule has 0 aliphatic carbocycles. The molecule has 2 aromatic carbocycles. The van der Waals surface area contributed by atoms with E-state index in [1.54, 1.807) is 26.0 Å². The Morgan fingerprint density at radius 2 is 1.52 bits per heavy atom. The molecule has 0 saturated heterocycles. The lowest BCUT2D eigenvalue weighted by molar-refractivity contribution is -0.140. The monoisotopic (exact) mass is 310 g/mol. The normalized spacial score (nSPS) is 10.2. The Hall–Kier alpha value is -2.88. The van der Waals surface area contributed by atoms with Crippen molar-refractivity contribution >= 4 is 22.7 Å². The van der Waals surface area contributed by atoms with Crippen LogP contribution in [0.2, 0.25) is 0 Å². The van der Waals surface area contributed by atoms with Gasteiger partial charge in [0.05, 0.1) is 0 Å². The molecule has 4 nitrogen and oxygen atoms in total. The Bertz CT molecular complexity index is 802. The van der Waals surface area contributed by atoms with Crippen LogP contribution in [0.3, 0.4) is 0 Å². The number of hydrogen-bond acceptors (Lipinski definition) is 4. The zero-order chi connectivity index (χ0) is 17.0. The summed E-state index contributed by atoms with van der Waals surface area (Å²) in [7, 11) is 0. The quantitative estimate of drug-likeness (QED) is 0.477. The van der Waals surface area contributed by atoms with E-state index < -0.39 is 11.9 Å². The van der Waals surface area contributed by atoms with Crippen LogP contribution >= 0.6 is 0 Å². The van der Waals surface area contributed by atoms with Crippen LogP contribution in [0.5, 0.6) is 5.75 Å². The van der Waals surface area contributed by atoms with Gasteiger partial charge in [0.2, 0.25) is 0 Å². The van der Waals surface area contributed by atoms with Gasteiger partial charge in [0.1, 0.15) is 12.4 Å². The number of carbonyl (C=O) groups is 2. The Balaban J connectivity index is 2.15. The molecule has 2 rings (SSSR count). The first kappa shape index (κ1) is 16.5. The van der Waals surface area contributed by atoms with Crippen LogP contribution in [-0.2, 0) is 20.9 Å². The molecule has 0 unspecified atom stereocenters. The zero-order valence-electron chi connectivity index (χ0n) is 13.2. The van der Waals surface area contributed by atoms with Crippen LogP contribution in [0.4, 0.5) is 0 Å². The van der Waals surface area contributed by atoms with Crippen molar-refractivity contribution in [3.63, 3.8) is 0 Å². The second kappa shape index (κ2) is 6.92. The van der Waals surface area contributed by atoms with Gasteiger partial charge in [-0.25, -0.2) is 9.59 Å². The zero-order valence-corrected chi connectivity index (χ0v) is 13.2. The first-order valence-electron chi connectivity index (χ1n) is 7.10. The largest absolute Gasteiger partial charge is 0.457 e. The summed E-state index contributed by atoms with van der Waals surface area (Å²) in [5, 5.41) is 1.89. The third kappa shape index (κ3) is 4.30. The van der Waals surface area contributed by atoms with Crippen molar-refractivity contribution in [1.82, 2.24) is 0 Å². The number of benzene rings is 2. The standard InChI is InChI=1S/C19H18O4/c1-12(2)18(20)22-11-14-5-6-16-10-17(8-7-15(16)9-14)23-19(21)13(3)4/h5-10H,1,3,11H2,2,4H3. The van der Waals surface area contributed by atoms with Crippen LogP contribution in [0.1, 0.15) is 19.4 Å². The lowest BCUT2D eigenvalue weighted by atomic mass is 10.1. The van der Waals surface area contributed by atoms with E-state index in [1.807, 2.05) is 24.3 Å². The second-order valence-electron chi connectivity index (χ2n) is 5.37. The first-order chi connectivity index (χ1) is 10.9. The van der Waals surface area contributed by atoms with E-state index in [2.05, 4.69) is 13.2 Å². The lowest BCUT2D eigenvalue weighted by Crippen LogP contribution is -2.08. The van der Waals surface area contributed by atoms with Gasteiger partial charge in [-0.2, -0.15) is 0 Å². The fourth-order valence-electron chi connectivity index (χ4n) is 1.89. The molecule has 118 valence electrons. The Morgan fingerprint density at radius 3 is 2.17 bits per heavy atom. The fourth-order valence-corrected chi connectivity index (χ4v) is 1.89. The molecule has 0 saturated carbocycles. The maximum absolute atomic E-state index is 11.5. The first-order valence-corrected chi connectivity index (χ1v) is 7.10. The minimum Gasteiger partial charge on any atom is -0.457 e. The highest BCUT2D eigenvalue weighted by Gasteiger charge is 2.07. The lowest BCUT2D eigenvalue weighted by Gasteiger charge is -2.08. The van der Waals surface area contributed by atoms with E-state index in [1.165, 1.54) is 0 Å². The van der Waals surface area contributed by atoms with Gasteiger partial charge in [-0.1, -0.05) is 31.4 Å². The Labute approximate surface area is 135 Å². The summed E-state index contributed by atoms with van der Waals surface area (Å²) in [6, 6.07) is 11.0. The van der Waals surface area contributed by atoms with Gasteiger partial charge in [0.25, 0.3) is 0 Å². The summed E-state index contributed by atoms with van der Waals surface area (Å²) in [4.78, 5) is 22.9. The third-order valence-electron chi connectivity index (χ3n) is 3.15. The number of rotatable bonds is 5. The van der Waals surface area contributed by atoms with Gasteiger partial charge in [-0.15, -0.1) is 0 Å². The molecule has 0 atom stereocenters. The number of hydrogen-bond donors (Lipinski definition) is 0. The minimum absolute atomic E-state index is 0.189. The molecule has 0 heterocycles. The molecule has 0 fully saturated rings. The molecule has 23 heavy (non-hydrogen) atoms. The smallest absolute Gasteiger partial charge is 0.338 e. The van der Waals surface area contributed by atoms with Crippen molar-refractivity contribution in [2.24, 2.45) is 0 Å². The summed E-state index contributed by atoms with van der Waals surface area (Å²) in [6.07, 6.45) is 0. The molecule has 0 bridgehead atoms. The van der Waals surface area contributed by atoms with Crippen molar-refractivity contribution in [3.8, 4) is 5.75 Å². The van der Waals surface area contributed by atoms with Crippen LogP contribution in [0, 0.1) is 0 Å². The van der Waals surface area contributed by atoms with Crippen molar-refractivity contribution < 1.29 is 19.1 Å². The van der Waals surface area contributed by atoms with E-state index in [9.17, 15) is 9.59 Å². The molecule has 0 amide bonds. The van der Waals surface area contributed by atoms with Crippen molar-refractivity contribution in [2.75, 3.05) is 0 Å². The fraction of sp³-hybridized carbons (Fsp3) is 0.158. The topological polar surface area (TPSA) is 52.6 Å². The molecule has 2 aromatic rings. The van der Waals surface area contributed by atoms with Crippen molar-refractivity contribution in [1.29, 1.82) is 0 Å². The van der Waals surface area contributed by atoms with Gasteiger partial charge in [0.15, 0.2) is 0 Å². The highest BCUT2D eigenvalue weighted by Crippen LogP contribution is 2.23. The van der Waals surface area contributed by atoms with E-state index in [0.717, 1.165) is 16.3 Å². The number of esters is 2. The summed E-state index contributed by atoms with van der Waals surface area (Å²) in [5.41, 5.74) is 1.59.